The van der Waals surface area contributed by atoms with E-state index in [2.05, 4.69) is 6.92 Å². The summed E-state index contributed by atoms with van der Waals surface area (Å²) in [6.07, 6.45) is 4.51. The van der Waals surface area contributed by atoms with Crippen LogP contribution < -0.4 is 0 Å². The Bertz CT molecular complexity index is 338. The summed E-state index contributed by atoms with van der Waals surface area (Å²) in [6, 6.07) is 0.391. The van der Waals surface area contributed by atoms with E-state index < -0.39 is 11.9 Å². The molecule has 0 radical (unpaired) electrons. The van der Waals surface area contributed by atoms with E-state index >= 15 is 0 Å². The summed E-state index contributed by atoms with van der Waals surface area (Å²) < 4.78 is 0. The molecule has 3 unspecified atom stereocenters. The van der Waals surface area contributed by atoms with Crippen molar-refractivity contribution in [3.63, 3.8) is 0 Å². The van der Waals surface area contributed by atoms with Crippen LogP contribution in [0.25, 0.3) is 0 Å². The minimum Gasteiger partial charge on any atom is -0.481 e. The summed E-state index contributed by atoms with van der Waals surface area (Å²) >= 11 is 0. The molecule has 1 N–H and O–H groups in total. The van der Waals surface area contributed by atoms with Crippen LogP contribution in [-0.4, -0.2) is 34.5 Å². The standard InChI is InChI=1S/C14H23NO3/c1-3-6-15(10-4-5-10)13(16)11-7-9(2)8-12(11)14(17)18/h9-12H,3-8H2,1-2H3,(H,17,18). The van der Waals surface area contributed by atoms with Crippen LogP contribution in [0, 0.1) is 17.8 Å². The molecule has 2 aliphatic carbocycles. The van der Waals surface area contributed by atoms with Gasteiger partial charge < -0.3 is 10.0 Å². The molecule has 0 aromatic carbocycles. The maximum absolute atomic E-state index is 12.5. The molecular formula is C14H23NO3. The van der Waals surface area contributed by atoms with Crippen molar-refractivity contribution in [1.82, 2.24) is 4.90 Å². The van der Waals surface area contributed by atoms with Crippen LogP contribution in [0.5, 0.6) is 0 Å². The van der Waals surface area contributed by atoms with E-state index in [1.54, 1.807) is 0 Å². The molecule has 0 aromatic heterocycles. The van der Waals surface area contributed by atoms with Crippen molar-refractivity contribution in [2.24, 2.45) is 17.8 Å². The minimum atomic E-state index is -0.801. The summed E-state index contributed by atoms with van der Waals surface area (Å²) in [5.41, 5.74) is 0. The normalized spacial score (nSPS) is 31.3. The number of carbonyl (C=O) groups excluding carboxylic acids is 1. The molecule has 3 atom stereocenters. The molecule has 102 valence electrons. The highest BCUT2D eigenvalue weighted by atomic mass is 16.4. The summed E-state index contributed by atoms with van der Waals surface area (Å²) in [6.45, 7) is 4.89. The average Bonchev–Trinajstić information content (AvgIpc) is 3.07. The van der Waals surface area contributed by atoms with Crippen LogP contribution in [0.3, 0.4) is 0 Å². The average molecular weight is 253 g/mol. The van der Waals surface area contributed by atoms with Gasteiger partial charge in [0.05, 0.1) is 11.8 Å². The molecule has 4 nitrogen and oxygen atoms in total. The highest BCUT2D eigenvalue weighted by Crippen LogP contribution is 2.39. The third kappa shape index (κ3) is 2.68. The number of carboxylic acids is 1. The lowest BCUT2D eigenvalue weighted by Crippen LogP contribution is -2.41. The summed E-state index contributed by atoms with van der Waals surface area (Å²) in [5, 5.41) is 9.25. The molecule has 1 amide bonds. The predicted molar refractivity (Wildman–Crippen MR) is 68.0 cm³/mol. The molecule has 0 saturated heterocycles. The fourth-order valence-electron chi connectivity index (χ4n) is 3.15. The largest absolute Gasteiger partial charge is 0.481 e. The van der Waals surface area contributed by atoms with Gasteiger partial charge in [-0.15, -0.1) is 0 Å². The topological polar surface area (TPSA) is 57.6 Å². The molecule has 2 aliphatic rings. The van der Waals surface area contributed by atoms with Gasteiger partial charge in [0, 0.05) is 12.6 Å². The highest BCUT2D eigenvalue weighted by Gasteiger charge is 2.45. The van der Waals surface area contributed by atoms with Crippen molar-refractivity contribution in [2.75, 3.05) is 6.54 Å². The van der Waals surface area contributed by atoms with Crippen LogP contribution in [-0.2, 0) is 9.59 Å². The first-order chi connectivity index (χ1) is 8.54. The highest BCUT2D eigenvalue weighted by molar-refractivity contribution is 5.85. The van der Waals surface area contributed by atoms with Gasteiger partial charge in [0.1, 0.15) is 0 Å². The first-order valence-corrected chi connectivity index (χ1v) is 7.07. The summed E-state index contributed by atoms with van der Waals surface area (Å²) in [7, 11) is 0. The maximum Gasteiger partial charge on any atom is 0.307 e. The molecule has 2 rings (SSSR count). The second-order valence-corrected chi connectivity index (χ2v) is 5.89. The van der Waals surface area contributed by atoms with Gasteiger partial charge in [0.15, 0.2) is 0 Å². The number of hydrogen-bond acceptors (Lipinski definition) is 2. The van der Waals surface area contributed by atoms with E-state index in [4.69, 9.17) is 0 Å². The Balaban J connectivity index is 2.08. The van der Waals surface area contributed by atoms with Gasteiger partial charge in [-0.2, -0.15) is 0 Å². The second-order valence-electron chi connectivity index (χ2n) is 5.89. The van der Waals surface area contributed by atoms with Crippen molar-refractivity contribution in [1.29, 1.82) is 0 Å². The molecule has 0 spiro atoms. The smallest absolute Gasteiger partial charge is 0.307 e. The number of aliphatic carboxylic acids is 1. The van der Waals surface area contributed by atoms with Gasteiger partial charge in [0.25, 0.3) is 0 Å². The molecule has 0 aliphatic heterocycles. The molecule has 2 fully saturated rings. The third-order valence-electron chi connectivity index (χ3n) is 4.17. The van der Waals surface area contributed by atoms with Gasteiger partial charge >= 0.3 is 5.97 Å². The summed E-state index contributed by atoms with van der Waals surface area (Å²) in [4.78, 5) is 25.7. The lowest BCUT2D eigenvalue weighted by atomic mass is 9.94. The number of amides is 1. The quantitative estimate of drug-likeness (QED) is 0.816. The Kier molecular flexibility index (Phi) is 3.93. The van der Waals surface area contributed by atoms with E-state index in [9.17, 15) is 14.7 Å². The third-order valence-corrected chi connectivity index (χ3v) is 4.17. The Morgan fingerprint density at radius 3 is 2.33 bits per heavy atom. The zero-order valence-corrected chi connectivity index (χ0v) is 11.3. The molecule has 2 saturated carbocycles. The Morgan fingerprint density at radius 2 is 1.83 bits per heavy atom. The van der Waals surface area contributed by atoms with E-state index in [-0.39, 0.29) is 11.8 Å². The lowest BCUT2D eigenvalue weighted by Gasteiger charge is -2.27. The SMILES string of the molecule is CCCN(C(=O)C1CC(C)CC1C(=O)O)C1CC1. The van der Waals surface area contributed by atoms with Gasteiger partial charge in [-0.1, -0.05) is 13.8 Å². The molecular weight excluding hydrogens is 230 g/mol. The van der Waals surface area contributed by atoms with Crippen LogP contribution in [0.15, 0.2) is 0 Å². The molecule has 18 heavy (non-hydrogen) atoms. The van der Waals surface area contributed by atoms with E-state index in [1.165, 1.54) is 0 Å². The van der Waals surface area contributed by atoms with Gasteiger partial charge in [-0.25, -0.2) is 0 Å². The zero-order valence-electron chi connectivity index (χ0n) is 11.3. The van der Waals surface area contributed by atoms with Crippen LogP contribution in [0.4, 0.5) is 0 Å². The summed E-state index contributed by atoms with van der Waals surface area (Å²) in [5.74, 6) is -1.11. The van der Waals surface area contributed by atoms with Crippen molar-refractivity contribution in [2.45, 2.75) is 52.0 Å². The van der Waals surface area contributed by atoms with Crippen molar-refractivity contribution < 1.29 is 14.7 Å². The Morgan fingerprint density at radius 1 is 1.22 bits per heavy atom. The number of nitrogens with zero attached hydrogens (tertiary/aromatic N) is 1. The number of carboxylic acid groups (broad SMARTS) is 1. The van der Waals surface area contributed by atoms with Gasteiger partial charge in [-0.3, -0.25) is 9.59 Å². The zero-order chi connectivity index (χ0) is 13.3. The van der Waals surface area contributed by atoms with Gasteiger partial charge in [-0.05, 0) is 38.0 Å². The second kappa shape index (κ2) is 5.29. The van der Waals surface area contributed by atoms with E-state index in [0.29, 0.717) is 18.4 Å². The van der Waals surface area contributed by atoms with Crippen LogP contribution in [0.1, 0.15) is 46.0 Å². The first kappa shape index (κ1) is 13.4. The fourth-order valence-corrected chi connectivity index (χ4v) is 3.15. The maximum atomic E-state index is 12.5. The van der Waals surface area contributed by atoms with Crippen molar-refractivity contribution >= 4 is 11.9 Å². The number of hydrogen-bond donors (Lipinski definition) is 1. The van der Waals surface area contributed by atoms with Crippen LogP contribution in [0.2, 0.25) is 0 Å². The van der Waals surface area contributed by atoms with E-state index in [0.717, 1.165) is 32.2 Å². The molecule has 0 bridgehead atoms. The number of carbonyl (C=O) groups is 2. The number of rotatable bonds is 5. The fraction of sp³-hybridized carbons (Fsp3) is 0.857. The van der Waals surface area contributed by atoms with Crippen LogP contribution >= 0.6 is 0 Å². The molecule has 4 heteroatoms. The van der Waals surface area contributed by atoms with E-state index in [1.807, 2.05) is 11.8 Å². The predicted octanol–water partition coefficient (Wildman–Crippen LogP) is 2.13. The van der Waals surface area contributed by atoms with Crippen molar-refractivity contribution in [3.8, 4) is 0 Å². The first-order valence-electron chi connectivity index (χ1n) is 7.07. The minimum absolute atomic E-state index is 0.0936. The van der Waals surface area contributed by atoms with Crippen molar-refractivity contribution in [3.05, 3.63) is 0 Å². The lowest BCUT2D eigenvalue weighted by molar-refractivity contribution is -0.149. The monoisotopic (exact) mass is 253 g/mol. The molecule has 0 aromatic rings. The van der Waals surface area contributed by atoms with Gasteiger partial charge in [0.2, 0.25) is 5.91 Å². The molecule has 0 heterocycles. The Hall–Kier alpha value is -1.06. The Labute approximate surface area is 108 Å².